The van der Waals surface area contributed by atoms with Crippen molar-refractivity contribution in [3.63, 3.8) is 0 Å². The van der Waals surface area contributed by atoms with E-state index in [4.69, 9.17) is 0 Å². The van der Waals surface area contributed by atoms with Crippen molar-refractivity contribution < 1.29 is 30.0 Å². The summed E-state index contributed by atoms with van der Waals surface area (Å²) in [4.78, 5) is 21.0. The minimum atomic E-state index is 0. The first-order valence-corrected chi connectivity index (χ1v) is 18.5. The van der Waals surface area contributed by atoms with Crippen molar-refractivity contribution in [2.24, 2.45) is 17.8 Å². The molecule has 5 aromatic rings. The van der Waals surface area contributed by atoms with Gasteiger partial charge in [-0.15, -0.1) is 40.5 Å². The molecule has 0 aliphatic carbocycles. The van der Waals surface area contributed by atoms with E-state index >= 15 is 0 Å². The minimum Gasteiger partial charge on any atom is -0.512 e. The van der Waals surface area contributed by atoms with E-state index in [1.165, 1.54) is 38.2 Å². The molecule has 2 heterocycles. The molecule has 6 heteroatoms. The summed E-state index contributed by atoms with van der Waals surface area (Å²) < 4.78 is 1.37. The summed E-state index contributed by atoms with van der Waals surface area (Å²) in [7, 11) is 0. The molecule has 2 aromatic heterocycles. The summed E-state index contributed by atoms with van der Waals surface area (Å²) in [5.74, 6) is 1.18. The summed E-state index contributed by atoms with van der Waals surface area (Å²) in [6.07, 6.45) is 7.68. The molecule has 0 atom stereocenters. The normalized spacial score (nSPS) is 12.0. The molecule has 3 aromatic carbocycles. The fourth-order valence-corrected chi connectivity index (χ4v) is 7.43. The van der Waals surface area contributed by atoms with E-state index < -0.39 is 0 Å². The largest absolute Gasteiger partial charge is 0.512 e. The van der Waals surface area contributed by atoms with Gasteiger partial charge in [0.05, 0.1) is 11.5 Å². The molecular formula is C43H53IrN2O2S-. The van der Waals surface area contributed by atoms with Gasteiger partial charge in [0.25, 0.3) is 0 Å². The van der Waals surface area contributed by atoms with Crippen LogP contribution in [-0.4, -0.2) is 20.9 Å². The van der Waals surface area contributed by atoms with Gasteiger partial charge in [0.2, 0.25) is 0 Å². The number of ketones is 1. The van der Waals surface area contributed by atoms with E-state index in [1.807, 2.05) is 39.0 Å². The molecule has 0 bridgehead atoms. The van der Waals surface area contributed by atoms with Crippen LogP contribution in [0.25, 0.3) is 43.4 Å². The van der Waals surface area contributed by atoms with Crippen molar-refractivity contribution in [3.8, 4) is 22.5 Å². The number of carbonyl (C=O) groups excluding carboxylic acids is 1. The number of nitrogens with zero attached hydrogens (tertiary/aromatic N) is 2. The topological polar surface area (TPSA) is 63.1 Å². The summed E-state index contributed by atoms with van der Waals surface area (Å²) in [5.41, 5.74) is 6.83. The molecule has 0 fully saturated rings. The smallest absolute Gasteiger partial charge is 0.162 e. The Hall–Kier alpha value is -3.18. The third-order valence-electron chi connectivity index (χ3n) is 9.19. The van der Waals surface area contributed by atoms with Crippen LogP contribution in [0.2, 0.25) is 0 Å². The van der Waals surface area contributed by atoms with Crippen LogP contribution in [0.15, 0.2) is 78.1 Å². The van der Waals surface area contributed by atoms with Gasteiger partial charge in [-0.05, 0) is 55.1 Å². The maximum atomic E-state index is 11.7. The quantitative estimate of drug-likeness (QED) is 0.0817. The summed E-state index contributed by atoms with van der Waals surface area (Å²) in [5, 5.41) is 15.7. The predicted molar refractivity (Wildman–Crippen MR) is 206 cm³/mol. The van der Waals surface area contributed by atoms with E-state index in [0.29, 0.717) is 5.92 Å². The number of allylic oxidation sites excluding steroid dienone is 2. The number of carbonyl (C=O) groups is 1. The third-order valence-corrected chi connectivity index (χ3v) is 10.3. The van der Waals surface area contributed by atoms with Crippen LogP contribution in [0.5, 0.6) is 0 Å². The average molecular weight is 854 g/mol. The molecule has 0 unspecified atom stereocenters. The minimum absolute atomic E-state index is 0. The molecule has 1 radical (unpaired) electrons. The van der Waals surface area contributed by atoms with Crippen LogP contribution < -0.4 is 0 Å². The molecule has 5 rings (SSSR count). The SMILES string of the molecule is CC(C)Cc1cccc2c(-c3cc(-c4[c-]c5ccccc5c(C(C)(C)C)c4)ncn3)csc12.CCC(CC)C(=O)/C=C(\O)C(CC)CC.[Ir]. The molecule has 49 heavy (non-hydrogen) atoms. The van der Waals surface area contributed by atoms with Crippen molar-refractivity contribution >= 4 is 38.0 Å². The number of aliphatic hydroxyl groups excluding tert-OH is 1. The number of hydrogen-bond donors (Lipinski definition) is 1. The Labute approximate surface area is 311 Å². The van der Waals surface area contributed by atoms with Crippen LogP contribution in [0, 0.1) is 23.8 Å². The molecule has 0 spiro atoms. The molecule has 0 aliphatic heterocycles. The second-order valence-electron chi connectivity index (χ2n) is 14.2. The summed E-state index contributed by atoms with van der Waals surface area (Å²) in [6.45, 7) is 19.4. The summed E-state index contributed by atoms with van der Waals surface area (Å²) in [6, 6.07) is 23.1. The molecule has 1 N–H and O–H groups in total. The number of hydrogen-bond acceptors (Lipinski definition) is 5. The van der Waals surface area contributed by atoms with Crippen molar-refractivity contribution in [3.05, 3.63) is 95.3 Å². The van der Waals surface area contributed by atoms with Crippen LogP contribution in [-0.2, 0) is 36.7 Å². The first-order chi connectivity index (χ1) is 22.9. The van der Waals surface area contributed by atoms with Gasteiger partial charge in [-0.3, -0.25) is 9.78 Å². The zero-order chi connectivity index (χ0) is 35.0. The molecule has 4 nitrogen and oxygen atoms in total. The number of aliphatic hydroxyl groups is 1. The second kappa shape index (κ2) is 18.2. The van der Waals surface area contributed by atoms with Crippen LogP contribution in [0.4, 0.5) is 0 Å². The van der Waals surface area contributed by atoms with Gasteiger partial charge in [-0.1, -0.05) is 110 Å². The van der Waals surface area contributed by atoms with Crippen molar-refractivity contribution in [1.82, 2.24) is 9.97 Å². The summed E-state index contributed by atoms with van der Waals surface area (Å²) >= 11 is 1.82. The van der Waals surface area contributed by atoms with E-state index in [-0.39, 0.29) is 48.9 Å². The van der Waals surface area contributed by atoms with Gasteiger partial charge in [0.15, 0.2) is 5.78 Å². The van der Waals surface area contributed by atoms with E-state index in [9.17, 15) is 9.90 Å². The number of rotatable bonds is 11. The van der Waals surface area contributed by atoms with Gasteiger partial charge in [-0.25, -0.2) is 4.98 Å². The Kier molecular flexibility index (Phi) is 14.9. The number of thiophene rings is 1. The Morgan fingerprint density at radius 3 is 2.14 bits per heavy atom. The van der Waals surface area contributed by atoms with Gasteiger partial charge in [-0.2, -0.15) is 0 Å². The van der Waals surface area contributed by atoms with Crippen LogP contribution in [0.3, 0.4) is 0 Å². The molecule has 263 valence electrons. The predicted octanol–water partition coefficient (Wildman–Crippen LogP) is 12.3. The number of benzene rings is 3. The second-order valence-corrected chi connectivity index (χ2v) is 15.1. The molecule has 0 aliphatic rings. The Bertz CT molecular complexity index is 1860. The monoisotopic (exact) mass is 854 g/mol. The zero-order valence-electron chi connectivity index (χ0n) is 30.7. The van der Waals surface area contributed by atoms with Gasteiger partial charge < -0.3 is 5.11 Å². The molecule has 0 saturated carbocycles. The molecular weight excluding hydrogens is 801 g/mol. The van der Waals surface area contributed by atoms with Crippen molar-refractivity contribution in [2.75, 3.05) is 0 Å². The van der Waals surface area contributed by atoms with E-state index in [1.54, 1.807) is 6.33 Å². The third kappa shape index (κ3) is 9.96. The Morgan fingerprint density at radius 2 is 1.51 bits per heavy atom. The zero-order valence-corrected chi connectivity index (χ0v) is 33.9. The first-order valence-electron chi connectivity index (χ1n) is 17.6. The molecule has 0 saturated heterocycles. The van der Waals surface area contributed by atoms with Gasteiger partial charge in [0, 0.05) is 64.7 Å². The van der Waals surface area contributed by atoms with Gasteiger partial charge in [0.1, 0.15) is 6.33 Å². The average Bonchev–Trinajstić information content (AvgIpc) is 3.50. The van der Waals surface area contributed by atoms with Crippen LogP contribution >= 0.6 is 11.3 Å². The number of aromatic nitrogens is 2. The molecule has 0 amide bonds. The van der Waals surface area contributed by atoms with E-state index in [2.05, 4.69) is 111 Å². The Morgan fingerprint density at radius 1 is 0.878 bits per heavy atom. The number of fused-ring (bicyclic) bond motifs is 2. The fraction of sp³-hybridized carbons (Fsp3) is 0.419. The first kappa shape index (κ1) is 40.3. The van der Waals surface area contributed by atoms with Crippen LogP contribution in [0.1, 0.15) is 99.1 Å². The van der Waals surface area contributed by atoms with Crippen molar-refractivity contribution in [2.45, 2.75) is 99.8 Å². The van der Waals surface area contributed by atoms with Gasteiger partial charge >= 0.3 is 0 Å². The fourth-order valence-electron chi connectivity index (χ4n) is 6.34. The Balaban J connectivity index is 0.000000347. The van der Waals surface area contributed by atoms with Crippen molar-refractivity contribution in [1.29, 1.82) is 0 Å². The maximum Gasteiger partial charge on any atom is 0.162 e. The maximum absolute atomic E-state index is 11.7. The van der Waals surface area contributed by atoms with E-state index in [0.717, 1.165) is 54.4 Å². The standard InChI is InChI=1S/C30H29N2S.C13H24O2.Ir/c1-19(2)13-21-10-8-12-24-25(17-33-29(21)24)28-16-27(31-18-32-28)22-14-20-9-6-7-11-23(20)26(15-22)30(3,4)5;1-5-10(6-2)12(14)9-13(15)11(7-3)8-4;/h6-12,15-19H,13H2,1-5H3;9-11,14H,5-8H2,1-4H3;/q-1;;/b;12-9-;.